The maximum absolute atomic E-state index is 12.1. The van der Waals surface area contributed by atoms with Crippen LogP contribution in [-0.2, 0) is 9.53 Å². The van der Waals surface area contributed by atoms with E-state index in [0.29, 0.717) is 25.2 Å². The highest BCUT2D eigenvalue weighted by Crippen LogP contribution is 2.24. The van der Waals surface area contributed by atoms with Crippen molar-refractivity contribution in [3.05, 3.63) is 29.8 Å². The summed E-state index contributed by atoms with van der Waals surface area (Å²) in [5.74, 6) is -0.537. The maximum Gasteiger partial charge on any atom is 0.573 e. The average Bonchev–Trinajstić information content (AvgIpc) is 2.91. The molecule has 116 valence electrons. The summed E-state index contributed by atoms with van der Waals surface area (Å²) in [7, 11) is 0. The second-order valence-corrected chi connectivity index (χ2v) is 4.91. The molecule has 4 nitrogen and oxygen atoms in total. The van der Waals surface area contributed by atoms with Crippen molar-refractivity contribution >= 4 is 5.91 Å². The number of carbonyl (C=O) groups is 1. The Kier molecular flexibility index (Phi) is 4.72. The van der Waals surface area contributed by atoms with E-state index in [0.717, 1.165) is 0 Å². The molecule has 0 spiro atoms. The van der Waals surface area contributed by atoms with Crippen molar-refractivity contribution in [2.75, 3.05) is 13.2 Å². The summed E-state index contributed by atoms with van der Waals surface area (Å²) in [6.07, 6.45) is -4.01. The van der Waals surface area contributed by atoms with Gasteiger partial charge in [0.05, 0.1) is 18.6 Å². The lowest BCUT2D eigenvalue weighted by Crippen LogP contribution is -2.33. The van der Waals surface area contributed by atoms with Gasteiger partial charge in [-0.3, -0.25) is 4.79 Å². The van der Waals surface area contributed by atoms with E-state index in [1.807, 2.05) is 0 Å². The van der Waals surface area contributed by atoms with E-state index in [9.17, 15) is 18.0 Å². The van der Waals surface area contributed by atoms with Crippen molar-refractivity contribution in [3.63, 3.8) is 0 Å². The highest BCUT2D eigenvalue weighted by atomic mass is 19.4. The number of nitrogens with one attached hydrogen (secondary N) is 1. The van der Waals surface area contributed by atoms with Gasteiger partial charge in [0.15, 0.2) is 0 Å². The molecular formula is C14H16F3NO3. The van der Waals surface area contributed by atoms with Gasteiger partial charge >= 0.3 is 6.36 Å². The number of carbonyl (C=O) groups excluding carboxylic acids is 1. The molecule has 1 amide bonds. The van der Waals surface area contributed by atoms with E-state index in [4.69, 9.17) is 4.74 Å². The van der Waals surface area contributed by atoms with Crippen molar-refractivity contribution in [1.82, 2.24) is 5.32 Å². The minimum absolute atomic E-state index is 0.101. The topological polar surface area (TPSA) is 47.6 Å². The fraction of sp³-hybridized carbons (Fsp3) is 0.500. The predicted octanol–water partition coefficient (Wildman–Crippen LogP) is 2.80. The van der Waals surface area contributed by atoms with E-state index in [1.54, 1.807) is 6.92 Å². The Labute approximate surface area is 120 Å². The van der Waals surface area contributed by atoms with Gasteiger partial charge in [0, 0.05) is 6.61 Å². The van der Waals surface area contributed by atoms with Crippen molar-refractivity contribution in [2.45, 2.75) is 25.7 Å². The summed E-state index contributed by atoms with van der Waals surface area (Å²) in [6, 6.07) is 5.15. The largest absolute Gasteiger partial charge is 0.573 e. The molecule has 0 radical (unpaired) electrons. The molecule has 1 N–H and O–H groups in total. The molecule has 1 saturated heterocycles. The minimum Gasteiger partial charge on any atom is -0.406 e. The number of hydrogen-bond donors (Lipinski definition) is 1. The van der Waals surface area contributed by atoms with Gasteiger partial charge < -0.3 is 14.8 Å². The van der Waals surface area contributed by atoms with Crippen LogP contribution in [0.25, 0.3) is 0 Å². The smallest absolute Gasteiger partial charge is 0.406 e. The van der Waals surface area contributed by atoms with Crippen LogP contribution in [0.4, 0.5) is 13.2 Å². The van der Waals surface area contributed by atoms with Crippen LogP contribution >= 0.6 is 0 Å². The Hall–Kier alpha value is -1.76. The summed E-state index contributed by atoms with van der Waals surface area (Å²) in [6.45, 7) is 2.76. The lowest BCUT2D eigenvalue weighted by molar-refractivity contribution is -0.274. The lowest BCUT2D eigenvalue weighted by atomic mass is 10.1. The average molecular weight is 303 g/mol. The molecule has 21 heavy (non-hydrogen) atoms. The van der Waals surface area contributed by atoms with Crippen LogP contribution in [0.1, 0.15) is 24.9 Å². The summed E-state index contributed by atoms with van der Waals surface area (Å²) in [4.78, 5) is 11.9. The first kappa shape index (κ1) is 15.6. The molecule has 0 bridgehead atoms. The SMILES string of the molecule is C[C@@H](NC(=O)[C@@H]1CCOC1)c1ccc(OC(F)(F)F)cc1. The zero-order chi connectivity index (χ0) is 15.5. The Balaban J connectivity index is 1.93. The van der Waals surface area contributed by atoms with Crippen LogP contribution in [0.15, 0.2) is 24.3 Å². The molecule has 0 aromatic heterocycles. The van der Waals surface area contributed by atoms with E-state index >= 15 is 0 Å². The monoisotopic (exact) mass is 303 g/mol. The van der Waals surface area contributed by atoms with Gasteiger partial charge in [-0.15, -0.1) is 13.2 Å². The summed E-state index contributed by atoms with van der Waals surface area (Å²) >= 11 is 0. The van der Waals surface area contributed by atoms with Gasteiger partial charge in [-0.1, -0.05) is 12.1 Å². The summed E-state index contributed by atoms with van der Waals surface area (Å²) < 4.78 is 45.1. The number of amides is 1. The number of halogens is 3. The van der Waals surface area contributed by atoms with Crippen molar-refractivity contribution in [1.29, 1.82) is 0 Å². The summed E-state index contributed by atoms with van der Waals surface area (Å²) in [5, 5.41) is 2.82. The number of ether oxygens (including phenoxy) is 2. The van der Waals surface area contributed by atoms with Crippen LogP contribution in [-0.4, -0.2) is 25.5 Å². The molecule has 1 aromatic rings. The Bertz CT molecular complexity index is 481. The third kappa shape index (κ3) is 4.63. The first-order valence-corrected chi connectivity index (χ1v) is 6.59. The quantitative estimate of drug-likeness (QED) is 0.930. The van der Waals surface area contributed by atoms with Crippen molar-refractivity contribution in [2.24, 2.45) is 5.92 Å². The highest BCUT2D eigenvalue weighted by Gasteiger charge is 2.31. The van der Waals surface area contributed by atoms with Gasteiger partial charge in [-0.05, 0) is 31.0 Å². The molecule has 7 heteroatoms. The van der Waals surface area contributed by atoms with Crippen LogP contribution in [0.3, 0.4) is 0 Å². The summed E-state index contributed by atoms with van der Waals surface area (Å²) in [5.41, 5.74) is 0.705. The fourth-order valence-corrected chi connectivity index (χ4v) is 2.11. The van der Waals surface area contributed by atoms with Crippen LogP contribution < -0.4 is 10.1 Å². The second kappa shape index (κ2) is 6.34. The van der Waals surface area contributed by atoms with Gasteiger partial charge in [-0.2, -0.15) is 0 Å². The van der Waals surface area contributed by atoms with E-state index in [1.165, 1.54) is 24.3 Å². The first-order valence-electron chi connectivity index (χ1n) is 6.59. The lowest BCUT2D eigenvalue weighted by Gasteiger charge is -2.17. The molecule has 1 heterocycles. The Morgan fingerprint density at radius 1 is 1.38 bits per heavy atom. The first-order chi connectivity index (χ1) is 9.85. The molecule has 0 unspecified atom stereocenters. The minimum atomic E-state index is -4.70. The van der Waals surface area contributed by atoms with Gasteiger partial charge in [-0.25, -0.2) is 0 Å². The van der Waals surface area contributed by atoms with Crippen molar-refractivity contribution in [3.8, 4) is 5.75 Å². The third-order valence-electron chi connectivity index (χ3n) is 3.27. The number of alkyl halides is 3. The van der Waals surface area contributed by atoms with E-state index < -0.39 is 6.36 Å². The third-order valence-corrected chi connectivity index (χ3v) is 3.27. The molecule has 2 atom stereocenters. The normalized spacial score (nSPS) is 20.1. The van der Waals surface area contributed by atoms with Crippen LogP contribution in [0, 0.1) is 5.92 Å². The number of benzene rings is 1. The second-order valence-electron chi connectivity index (χ2n) is 4.91. The molecule has 2 rings (SSSR count). The maximum atomic E-state index is 12.1. The Morgan fingerprint density at radius 2 is 2.05 bits per heavy atom. The van der Waals surface area contributed by atoms with Crippen LogP contribution in [0.2, 0.25) is 0 Å². The van der Waals surface area contributed by atoms with E-state index in [-0.39, 0.29) is 23.6 Å². The van der Waals surface area contributed by atoms with Crippen LogP contribution in [0.5, 0.6) is 5.75 Å². The van der Waals surface area contributed by atoms with Gasteiger partial charge in [0.25, 0.3) is 0 Å². The fourth-order valence-electron chi connectivity index (χ4n) is 2.11. The highest BCUT2D eigenvalue weighted by molar-refractivity contribution is 5.79. The zero-order valence-electron chi connectivity index (χ0n) is 11.4. The Morgan fingerprint density at radius 3 is 2.57 bits per heavy atom. The van der Waals surface area contributed by atoms with Gasteiger partial charge in [0.1, 0.15) is 5.75 Å². The predicted molar refractivity (Wildman–Crippen MR) is 68.6 cm³/mol. The molecular weight excluding hydrogens is 287 g/mol. The molecule has 0 aliphatic carbocycles. The van der Waals surface area contributed by atoms with E-state index in [2.05, 4.69) is 10.1 Å². The van der Waals surface area contributed by atoms with Crippen molar-refractivity contribution < 1.29 is 27.4 Å². The molecule has 1 aliphatic heterocycles. The van der Waals surface area contributed by atoms with Gasteiger partial charge in [0.2, 0.25) is 5.91 Å². The standard InChI is InChI=1S/C14H16F3NO3/c1-9(18-13(19)11-6-7-20-8-11)10-2-4-12(5-3-10)21-14(15,16)17/h2-5,9,11H,6-8H2,1H3,(H,18,19)/t9-,11-/m1/s1. The molecule has 1 aliphatic rings. The molecule has 1 aromatic carbocycles. The number of rotatable bonds is 4. The molecule has 1 fully saturated rings. The zero-order valence-corrected chi connectivity index (χ0v) is 11.4. The number of hydrogen-bond acceptors (Lipinski definition) is 3. The molecule has 0 saturated carbocycles.